The zero-order valence-corrected chi connectivity index (χ0v) is 10.9. The molecule has 1 aromatic rings. The maximum absolute atomic E-state index is 13.4. The second-order valence-corrected chi connectivity index (χ2v) is 4.52. The van der Waals surface area contributed by atoms with Gasteiger partial charge in [0.25, 0.3) is 0 Å². The Balaban J connectivity index is 2.57. The summed E-state index contributed by atoms with van der Waals surface area (Å²) in [5.41, 5.74) is 0.252. The highest BCUT2D eigenvalue weighted by atomic mass is 19.1. The number of likely N-dealkylation sites (N-methyl/N-ethyl adjacent to an activating group) is 2. The lowest BCUT2D eigenvalue weighted by Gasteiger charge is -2.22. The minimum atomic E-state index is -0.939. The van der Waals surface area contributed by atoms with Gasteiger partial charge in [-0.1, -0.05) is 18.2 Å². The number of halogens is 1. The number of nitrogens with zero attached hydrogens (tertiary/aromatic N) is 2. The monoisotopic (exact) mass is 254 g/mol. The smallest absolute Gasteiger partial charge is 0.236 e. The Labute approximate surface area is 107 Å². The summed E-state index contributed by atoms with van der Waals surface area (Å²) in [5, 5.41) is 9.92. The van der Waals surface area contributed by atoms with Crippen LogP contribution in [-0.2, 0) is 4.79 Å². The third-order valence-corrected chi connectivity index (χ3v) is 2.65. The van der Waals surface area contributed by atoms with Crippen LogP contribution in [0.1, 0.15) is 11.7 Å². The molecule has 1 unspecified atom stereocenters. The number of amides is 1. The van der Waals surface area contributed by atoms with Crippen LogP contribution in [0.15, 0.2) is 24.3 Å². The van der Waals surface area contributed by atoms with E-state index in [1.165, 1.54) is 11.0 Å². The number of carbonyl (C=O) groups is 1. The summed E-state index contributed by atoms with van der Waals surface area (Å²) in [6.07, 6.45) is -0.939. The summed E-state index contributed by atoms with van der Waals surface area (Å²) in [4.78, 5) is 14.6. The van der Waals surface area contributed by atoms with E-state index in [9.17, 15) is 14.3 Å². The summed E-state index contributed by atoms with van der Waals surface area (Å²) >= 11 is 0. The summed E-state index contributed by atoms with van der Waals surface area (Å²) in [6.45, 7) is 0.402. The van der Waals surface area contributed by atoms with E-state index in [-0.39, 0.29) is 24.6 Å². The van der Waals surface area contributed by atoms with Gasteiger partial charge in [0.1, 0.15) is 5.82 Å². The molecule has 1 atom stereocenters. The molecule has 0 aliphatic heterocycles. The Hall–Kier alpha value is -1.46. The van der Waals surface area contributed by atoms with Gasteiger partial charge in [0.2, 0.25) is 5.91 Å². The third kappa shape index (κ3) is 4.09. The van der Waals surface area contributed by atoms with Gasteiger partial charge in [-0.05, 0) is 13.1 Å². The first-order valence-corrected chi connectivity index (χ1v) is 5.73. The number of benzene rings is 1. The molecule has 0 aliphatic carbocycles. The van der Waals surface area contributed by atoms with Crippen molar-refractivity contribution in [3.05, 3.63) is 35.6 Å². The van der Waals surface area contributed by atoms with Gasteiger partial charge in [0, 0.05) is 26.2 Å². The van der Waals surface area contributed by atoms with Crippen molar-refractivity contribution in [1.29, 1.82) is 0 Å². The Kier molecular flexibility index (Phi) is 5.25. The largest absolute Gasteiger partial charge is 0.387 e. The van der Waals surface area contributed by atoms with Gasteiger partial charge in [-0.3, -0.25) is 9.69 Å². The molecule has 4 nitrogen and oxygen atoms in total. The average Bonchev–Trinajstić information content (AvgIpc) is 2.28. The number of hydrogen-bond donors (Lipinski definition) is 1. The highest BCUT2D eigenvalue weighted by Crippen LogP contribution is 2.17. The fourth-order valence-electron chi connectivity index (χ4n) is 1.58. The molecule has 0 heterocycles. The van der Waals surface area contributed by atoms with Crippen molar-refractivity contribution < 1.29 is 14.3 Å². The van der Waals surface area contributed by atoms with Gasteiger partial charge in [0.05, 0.1) is 12.6 Å². The second kappa shape index (κ2) is 6.47. The van der Waals surface area contributed by atoms with Crippen LogP contribution in [0.25, 0.3) is 0 Å². The molecule has 0 bridgehead atoms. The Bertz CT molecular complexity index is 410. The van der Waals surface area contributed by atoms with E-state index >= 15 is 0 Å². The molecule has 0 aromatic heterocycles. The van der Waals surface area contributed by atoms with Crippen LogP contribution in [0.3, 0.4) is 0 Å². The van der Waals surface area contributed by atoms with Crippen LogP contribution < -0.4 is 0 Å². The van der Waals surface area contributed by atoms with Crippen molar-refractivity contribution in [2.45, 2.75) is 6.10 Å². The van der Waals surface area contributed by atoms with E-state index in [1.54, 1.807) is 44.2 Å². The Morgan fingerprint density at radius 2 is 1.94 bits per heavy atom. The molecule has 18 heavy (non-hydrogen) atoms. The summed E-state index contributed by atoms with van der Waals surface area (Å²) in [6, 6.07) is 6.10. The highest BCUT2D eigenvalue weighted by Gasteiger charge is 2.16. The molecule has 0 fully saturated rings. The maximum atomic E-state index is 13.4. The minimum absolute atomic E-state index is 0.0572. The first kappa shape index (κ1) is 14.6. The van der Waals surface area contributed by atoms with Gasteiger partial charge >= 0.3 is 0 Å². The molecule has 0 saturated heterocycles. The lowest BCUT2D eigenvalue weighted by atomic mass is 10.1. The number of rotatable bonds is 5. The van der Waals surface area contributed by atoms with Gasteiger partial charge in [-0.15, -0.1) is 0 Å². The molecule has 1 N–H and O–H groups in total. The molecule has 0 radical (unpaired) electrons. The van der Waals surface area contributed by atoms with Gasteiger partial charge in [-0.2, -0.15) is 0 Å². The number of aliphatic hydroxyl groups is 1. The number of hydrogen-bond acceptors (Lipinski definition) is 3. The molecule has 1 rings (SSSR count). The van der Waals surface area contributed by atoms with Gasteiger partial charge < -0.3 is 10.0 Å². The molecule has 0 aliphatic rings. The molecular weight excluding hydrogens is 235 g/mol. The van der Waals surface area contributed by atoms with Gasteiger partial charge in [-0.25, -0.2) is 4.39 Å². The standard InChI is InChI=1S/C13H19FN2O2/c1-15(2)13(18)9-16(3)8-12(17)10-6-4-5-7-11(10)14/h4-7,12,17H,8-9H2,1-3H3. The maximum Gasteiger partial charge on any atom is 0.236 e. The van der Waals surface area contributed by atoms with Gasteiger partial charge in [0.15, 0.2) is 0 Å². The molecule has 1 amide bonds. The van der Waals surface area contributed by atoms with E-state index < -0.39 is 11.9 Å². The zero-order valence-electron chi connectivity index (χ0n) is 10.9. The van der Waals surface area contributed by atoms with Crippen LogP contribution in [-0.4, -0.2) is 55.0 Å². The van der Waals surface area contributed by atoms with Crippen molar-refractivity contribution in [3.63, 3.8) is 0 Å². The molecule has 1 aromatic carbocycles. The van der Waals surface area contributed by atoms with E-state index in [0.717, 1.165) is 0 Å². The highest BCUT2D eigenvalue weighted by molar-refractivity contribution is 5.77. The van der Waals surface area contributed by atoms with Crippen molar-refractivity contribution in [2.75, 3.05) is 34.2 Å². The van der Waals surface area contributed by atoms with Crippen LogP contribution in [0.5, 0.6) is 0 Å². The molecule has 0 saturated carbocycles. The topological polar surface area (TPSA) is 43.8 Å². The molecular formula is C13H19FN2O2. The second-order valence-electron chi connectivity index (χ2n) is 4.52. The first-order chi connectivity index (χ1) is 8.41. The predicted molar refractivity (Wildman–Crippen MR) is 67.6 cm³/mol. The molecule has 0 spiro atoms. The van der Waals surface area contributed by atoms with Crippen molar-refractivity contribution >= 4 is 5.91 Å². The molecule has 100 valence electrons. The third-order valence-electron chi connectivity index (χ3n) is 2.65. The summed E-state index contributed by atoms with van der Waals surface area (Å²) < 4.78 is 13.4. The van der Waals surface area contributed by atoms with Crippen molar-refractivity contribution in [2.24, 2.45) is 0 Å². The Morgan fingerprint density at radius 1 is 1.33 bits per heavy atom. The SMILES string of the molecule is CN(CC(=O)N(C)C)CC(O)c1ccccc1F. The van der Waals surface area contributed by atoms with Crippen LogP contribution in [0.2, 0.25) is 0 Å². The normalized spacial score (nSPS) is 12.6. The Morgan fingerprint density at radius 3 is 2.50 bits per heavy atom. The lowest BCUT2D eigenvalue weighted by molar-refractivity contribution is -0.129. The predicted octanol–water partition coefficient (Wildman–Crippen LogP) is 0.879. The van der Waals surface area contributed by atoms with E-state index in [1.807, 2.05) is 0 Å². The quantitative estimate of drug-likeness (QED) is 0.848. The fraction of sp³-hybridized carbons (Fsp3) is 0.462. The van der Waals surface area contributed by atoms with Crippen LogP contribution >= 0.6 is 0 Å². The zero-order chi connectivity index (χ0) is 13.7. The van der Waals surface area contributed by atoms with Crippen molar-refractivity contribution in [1.82, 2.24) is 9.80 Å². The van der Waals surface area contributed by atoms with Crippen molar-refractivity contribution in [3.8, 4) is 0 Å². The van der Waals surface area contributed by atoms with Crippen LogP contribution in [0.4, 0.5) is 4.39 Å². The fourth-order valence-corrected chi connectivity index (χ4v) is 1.58. The lowest BCUT2D eigenvalue weighted by Crippen LogP contribution is -2.36. The van der Waals surface area contributed by atoms with E-state index in [4.69, 9.17) is 0 Å². The summed E-state index contributed by atoms with van der Waals surface area (Å²) in [7, 11) is 5.05. The number of aliphatic hydroxyl groups excluding tert-OH is 1. The average molecular weight is 254 g/mol. The molecule has 5 heteroatoms. The number of carbonyl (C=O) groups excluding carboxylic acids is 1. The van der Waals surface area contributed by atoms with E-state index in [2.05, 4.69) is 0 Å². The van der Waals surface area contributed by atoms with E-state index in [0.29, 0.717) is 0 Å². The van der Waals surface area contributed by atoms with Crippen LogP contribution in [0, 0.1) is 5.82 Å². The first-order valence-electron chi connectivity index (χ1n) is 5.73. The summed E-state index contributed by atoms with van der Waals surface area (Å²) in [5.74, 6) is -0.490. The minimum Gasteiger partial charge on any atom is -0.387 e.